The fourth-order valence-electron chi connectivity index (χ4n) is 1.33. The van der Waals surface area contributed by atoms with Gasteiger partial charge in [0, 0.05) is 4.88 Å². The molecule has 0 bridgehead atoms. The molecular formula is C10H15NO7S2. The van der Waals surface area contributed by atoms with Crippen LogP contribution in [0, 0.1) is 0 Å². The molecule has 114 valence electrons. The summed E-state index contributed by atoms with van der Waals surface area (Å²) in [4.78, 5) is 10.9. The first kappa shape index (κ1) is 17.0. The van der Waals surface area contributed by atoms with E-state index in [1.54, 1.807) is 0 Å². The Morgan fingerprint density at radius 2 is 1.75 bits per heavy atom. The predicted octanol–water partition coefficient (Wildman–Crippen LogP) is -1.63. The average molecular weight is 325 g/mol. The van der Waals surface area contributed by atoms with Crippen LogP contribution >= 0.6 is 11.3 Å². The molecule has 0 aromatic carbocycles. The van der Waals surface area contributed by atoms with E-state index >= 15 is 0 Å². The van der Waals surface area contributed by atoms with Gasteiger partial charge in [-0.1, -0.05) is 0 Å². The van der Waals surface area contributed by atoms with Crippen molar-refractivity contribution in [1.82, 2.24) is 4.72 Å². The second kappa shape index (κ2) is 6.61. The van der Waals surface area contributed by atoms with Gasteiger partial charge in [-0.3, -0.25) is 4.79 Å². The molecule has 1 aromatic heterocycles. The van der Waals surface area contributed by atoms with Gasteiger partial charge in [0.1, 0.15) is 9.75 Å². The summed E-state index contributed by atoms with van der Waals surface area (Å²) in [6, 6.07) is 2.59. The second-order valence-electron chi connectivity index (χ2n) is 4.15. The van der Waals surface area contributed by atoms with E-state index in [4.69, 9.17) is 20.4 Å². The Morgan fingerprint density at radius 3 is 2.20 bits per heavy atom. The average Bonchev–Trinajstić information content (AvgIpc) is 2.84. The number of nitrogens with one attached hydrogen (secondary N) is 1. The van der Waals surface area contributed by atoms with Crippen LogP contribution in [0.5, 0.6) is 0 Å². The van der Waals surface area contributed by atoms with Crippen molar-refractivity contribution in [3.8, 4) is 0 Å². The molecule has 10 heteroatoms. The van der Waals surface area contributed by atoms with Crippen LogP contribution < -0.4 is 4.72 Å². The monoisotopic (exact) mass is 325 g/mol. The van der Waals surface area contributed by atoms with E-state index in [0.717, 1.165) is 11.3 Å². The zero-order valence-electron chi connectivity index (χ0n) is 10.3. The summed E-state index contributed by atoms with van der Waals surface area (Å²) in [5.74, 6) is -1.08. The van der Waals surface area contributed by atoms with Crippen molar-refractivity contribution >= 4 is 27.3 Å². The largest absolute Gasteiger partial charge is 0.481 e. The van der Waals surface area contributed by atoms with Gasteiger partial charge in [-0.2, -0.15) is 4.72 Å². The molecule has 1 aromatic rings. The smallest absolute Gasteiger partial charge is 0.308 e. The van der Waals surface area contributed by atoms with Crippen molar-refractivity contribution in [1.29, 1.82) is 0 Å². The topological polar surface area (TPSA) is 144 Å². The van der Waals surface area contributed by atoms with Crippen LogP contribution in [0.25, 0.3) is 0 Å². The maximum atomic E-state index is 12.0. The van der Waals surface area contributed by atoms with Gasteiger partial charge < -0.3 is 20.4 Å². The second-order valence-corrected chi connectivity index (χ2v) is 7.23. The summed E-state index contributed by atoms with van der Waals surface area (Å²) in [5.41, 5.74) is -1.77. The van der Waals surface area contributed by atoms with Crippen molar-refractivity contribution in [3.63, 3.8) is 0 Å². The minimum Gasteiger partial charge on any atom is -0.481 e. The number of sulfonamides is 1. The van der Waals surface area contributed by atoms with Crippen molar-refractivity contribution in [2.24, 2.45) is 0 Å². The molecule has 0 radical (unpaired) electrons. The molecule has 0 aliphatic carbocycles. The van der Waals surface area contributed by atoms with Crippen LogP contribution in [0.2, 0.25) is 0 Å². The van der Waals surface area contributed by atoms with E-state index in [1.807, 2.05) is 4.72 Å². The van der Waals surface area contributed by atoms with Gasteiger partial charge in [0.05, 0.1) is 26.2 Å². The summed E-state index contributed by atoms with van der Waals surface area (Å²) in [6.45, 7) is -2.36. The highest BCUT2D eigenvalue weighted by molar-refractivity contribution is 7.91. The molecule has 0 unspecified atom stereocenters. The fourth-order valence-corrected chi connectivity index (χ4v) is 4.05. The van der Waals surface area contributed by atoms with Crippen LogP contribution in [0.15, 0.2) is 16.3 Å². The molecule has 5 N–H and O–H groups in total. The van der Waals surface area contributed by atoms with E-state index in [0.29, 0.717) is 4.88 Å². The van der Waals surface area contributed by atoms with E-state index in [9.17, 15) is 13.2 Å². The zero-order valence-corrected chi connectivity index (χ0v) is 11.9. The van der Waals surface area contributed by atoms with Crippen LogP contribution in [-0.2, 0) is 21.2 Å². The minimum absolute atomic E-state index is 0.159. The lowest BCUT2D eigenvalue weighted by atomic mass is 10.1. The molecule has 8 nitrogen and oxygen atoms in total. The molecule has 0 amide bonds. The number of hydrogen-bond donors (Lipinski definition) is 5. The molecule has 0 atom stereocenters. The zero-order chi connectivity index (χ0) is 15.4. The first-order valence-electron chi connectivity index (χ1n) is 5.45. The number of carboxylic acids is 1. The standard InChI is InChI=1S/C10H15NO7S2/c12-4-10(5-13,6-14)11-20(17,18)9-2-1-7(19-9)3-8(15)16/h1-2,11-14H,3-6H2,(H,15,16). The highest BCUT2D eigenvalue weighted by Crippen LogP contribution is 2.23. The maximum Gasteiger partial charge on any atom is 0.308 e. The lowest BCUT2D eigenvalue weighted by Gasteiger charge is -2.27. The van der Waals surface area contributed by atoms with Gasteiger partial charge in [0.15, 0.2) is 0 Å². The summed E-state index contributed by atoms with van der Waals surface area (Å²) in [6.07, 6.45) is -0.300. The molecule has 0 saturated carbocycles. The summed E-state index contributed by atoms with van der Waals surface area (Å²) in [7, 11) is -4.07. The Bertz CT molecular complexity index is 554. The molecular weight excluding hydrogens is 310 g/mol. The Balaban J connectivity index is 2.99. The van der Waals surface area contributed by atoms with Crippen molar-refractivity contribution in [2.75, 3.05) is 19.8 Å². The summed E-state index contributed by atoms with van der Waals surface area (Å²) in [5, 5.41) is 35.9. The number of hydrogen-bond acceptors (Lipinski definition) is 7. The number of aliphatic carboxylic acids is 1. The van der Waals surface area contributed by atoms with Gasteiger partial charge in [0.25, 0.3) is 10.0 Å². The summed E-state index contributed by atoms with van der Waals surface area (Å²) >= 11 is 0.764. The first-order valence-corrected chi connectivity index (χ1v) is 7.75. The molecule has 0 aliphatic rings. The van der Waals surface area contributed by atoms with Crippen LogP contribution in [0.1, 0.15) is 4.88 Å². The molecule has 0 spiro atoms. The molecule has 0 aliphatic heterocycles. The number of aliphatic hydroxyl groups excluding tert-OH is 3. The van der Waals surface area contributed by atoms with E-state index < -0.39 is 41.4 Å². The Morgan fingerprint density at radius 1 is 1.20 bits per heavy atom. The van der Waals surface area contributed by atoms with Crippen molar-refractivity contribution in [2.45, 2.75) is 16.2 Å². The third kappa shape index (κ3) is 3.98. The number of carboxylic acid groups (broad SMARTS) is 1. The van der Waals surface area contributed by atoms with Gasteiger partial charge in [-0.15, -0.1) is 11.3 Å². The first-order chi connectivity index (χ1) is 9.28. The van der Waals surface area contributed by atoms with Crippen molar-refractivity contribution in [3.05, 3.63) is 17.0 Å². The van der Waals surface area contributed by atoms with E-state index in [1.165, 1.54) is 12.1 Å². The van der Waals surface area contributed by atoms with E-state index in [-0.39, 0.29) is 10.6 Å². The Kier molecular flexibility index (Phi) is 5.62. The number of thiophene rings is 1. The van der Waals surface area contributed by atoms with Crippen LogP contribution in [-0.4, -0.2) is 60.2 Å². The third-order valence-corrected chi connectivity index (χ3v) is 5.64. The van der Waals surface area contributed by atoms with Gasteiger partial charge >= 0.3 is 5.97 Å². The lowest BCUT2D eigenvalue weighted by molar-refractivity contribution is -0.136. The lowest BCUT2D eigenvalue weighted by Crippen LogP contribution is -2.56. The van der Waals surface area contributed by atoms with Gasteiger partial charge in [-0.25, -0.2) is 8.42 Å². The number of rotatable bonds is 8. The Labute approximate surface area is 119 Å². The van der Waals surface area contributed by atoms with Gasteiger partial charge in [-0.05, 0) is 12.1 Å². The molecule has 20 heavy (non-hydrogen) atoms. The third-order valence-electron chi connectivity index (χ3n) is 2.49. The molecule has 1 heterocycles. The SMILES string of the molecule is O=C(O)Cc1ccc(S(=O)(=O)NC(CO)(CO)CO)s1. The van der Waals surface area contributed by atoms with Gasteiger partial charge in [0.2, 0.25) is 0 Å². The molecule has 1 rings (SSSR count). The minimum atomic E-state index is -4.07. The van der Waals surface area contributed by atoms with Crippen LogP contribution in [0.4, 0.5) is 0 Å². The number of carbonyl (C=O) groups is 1. The van der Waals surface area contributed by atoms with E-state index in [2.05, 4.69) is 0 Å². The highest BCUT2D eigenvalue weighted by Gasteiger charge is 2.34. The fraction of sp³-hybridized carbons (Fsp3) is 0.500. The van der Waals surface area contributed by atoms with Crippen LogP contribution in [0.3, 0.4) is 0 Å². The molecule has 0 saturated heterocycles. The summed E-state index contributed by atoms with van der Waals surface area (Å²) < 4.78 is 25.9. The number of aliphatic hydroxyl groups is 3. The Hall–Kier alpha value is -1.04. The maximum absolute atomic E-state index is 12.0. The quantitative estimate of drug-likeness (QED) is 0.386. The highest BCUT2D eigenvalue weighted by atomic mass is 32.2. The predicted molar refractivity (Wildman–Crippen MR) is 70.0 cm³/mol. The van der Waals surface area contributed by atoms with Crippen molar-refractivity contribution < 1.29 is 33.6 Å². The molecule has 0 fully saturated rings. The normalized spacial score (nSPS) is 12.6.